The van der Waals surface area contributed by atoms with E-state index in [0.717, 1.165) is 27.8 Å². The van der Waals surface area contributed by atoms with Crippen LogP contribution < -0.4 is 5.32 Å². The predicted molar refractivity (Wildman–Crippen MR) is 71.1 cm³/mol. The first-order valence-electron chi connectivity index (χ1n) is 4.93. The summed E-state index contributed by atoms with van der Waals surface area (Å²) in [6.45, 7) is 1.56. The van der Waals surface area contributed by atoms with Gasteiger partial charge in [-0.2, -0.15) is 0 Å². The minimum Gasteiger partial charge on any atom is -0.468 e. The van der Waals surface area contributed by atoms with Crippen molar-refractivity contribution in [3.05, 3.63) is 56.9 Å². The fourth-order valence-corrected chi connectivity index (χ4v) is 2.59. The molecule has 2 nitrogen and oxygen atoms in total. The van der Waals surface area contributed by atoms with Gasteiger partial charge in [0.1, 0.15) is 5.76 Å². The van der Waals surface area contributed by atoms with Crippen LogP contribution in [0.2, 0.25) is 0 Å². The van der Waals surface area contributed by atoms with E-state index in [1.54, 1.807) is 6.26 Å². The molecule has 1 N–H and O–H groups in total. The van der Waals surface area contributed by atoms with Crippen molar-refractivity contribution in [1.29, 1.82) is 0 Å². The van der Waals surface area contributed by atoms with Gasteiger partial charge in [0.15, 0.2) is 0 Å². The van der Waals surface area contributed by atoms with Crippen LogP contribution in [-0.4, -0.2) is 0 Å². The summed E-state index contributed by atoms with van der Waals surface area (Å²) in [5.74, 6) is 0.952. The molecule has 16 heavy (non-hydrogen) atoms. The average Bonchev–Trinajstić information content (AvgIpc) is 2.74. The molecule has 4 heteroatoms. The molecular formula is C12H11Br2NO. The average molecular weight is 345 g/mol. The highest BCUT2D eigenvalue weighted by Crippen LogP contribution is 2.21. The van der Waals surface area contributed by atoms with Gasteiger partial charge in [0, 0.05) is 15.5 Å². The van der Waals surface area contributed by atoms with Gasteiger partial charge in [-0.25, -0.2) is 0 Å². The molecule has 2 rings (SSSR count). The summed E-state index contributed by atoms with van der Waals surface area (Å²) in [4.78, 5) is 0. The number of rotatable bonds is 4. The van der Waals surface area contributed by atoms with Crippen molar-refractivity contribution < 1.29 is 4.42 Å². The molecule has 0 aliphatic rings. The van der Waals surface area contributed by atoms with Crippen molar-refractivity contribution in [2.24, 2.45) is 0 Å². The lowest BCUT2D eigenvalue weighted by atomic mass is 10.2. The van der Waals surface area contributed by atoms with Crippen LogP contribution in [0.25, 0.3) is 0 Å². The van der Waals surface area contributed by atoms with Crippen LogP contribution in [0, 0.1) is 0 Å². The van der Waals surface area contributed by atoms with E-state index in [9.17, 15) is 0 Å². The van der Waals surface area contributed by atoms with Gasteiger partial charge in [-0.15, -0.1) is 0 Å². The van der Waals surface area contributed by atoms with Crippen LogP contribution >= 0.6 is 31.9 Å². The topological polar surface area (TPSA) is 25.2 Å². The largest absolute Gasteiger partial charge is 0.468 e. The Hall–Kier alpha value is -0.580. The van der Waals surface area contributed by atoms with E-state index in [2.05, 4.69) is 43.2 Å². The number of hydrogen-bond donors (Lipinski definition) is 1. The second-order valence-electron chi connectivity index (χ2n) is 3.42. The van der Waals surface area contributed by atoms with Crippen LogP contribution in [0.5, 0.6) is 0 Å². The Kier molecular flexibility index (Phi) is 4.21. The Morgan fingerprint density at radius 3 is 2.69 bits per heavy atom. The lowest BCUT2D eigenvalue weighted by molar-refractivity contribution is 0.483. The Bertz CT molecular complexity index is 454. The highest BCUT2D eigenvalue weighted by molar-refractivity contribution is 9.11. The summed E-state index contributed by atoms with van der Waals surface area (Å²) in [5, 5.41) is 3.33. The van der Waals surface area contributed by atoms with Gasteiger partial charge >= 0.3 is 0 Å². The normalized spacial score (nSPS) is 10.6. The van der Waals surface area contributed by atoms with Crippen molar-refractivity contribution in [3.8, 4) is 0 Å². The second-order valence-corrected chi connectivity index (χ2v) is 5.19. The maximum absolute atomic E-state index is 5.24. The molecule has 0 spiro atoms. The zero-order valence-corrected chi connectivity index (χ0v) is 11.7. The molecular weight excluding hydrogens is 334 g/mol. The molecule has 1 aromatic heterocycles. The van der Waals surface area contributed by atoms with Crippen LogP contribution in [-0.2, 0) is 13.1 Å². The molecule has 0 atom stereocenters. The van der Waals surface area contributed by atoms with E-state index in [-0.39, 0.29) is 0 Å². The van der Waals surface area contributed by atoms with Crippen molar-refractivity contribution >= 4 is 31.9 Å². The molecule has 0 aliphatic heterocycles. The monoisotopic (exact) mass is 343 g/mol. The first-order chi connectivity index (χ1) is 7.75. The number of furan rings is 1. The molecule has 0 saturated carbocycles. The smallest absolute Gasteiger partial charge is 0.117 e. The zero-order valence-electron chi connectivity index (χ0n) is 8.54. The number of nitrogens with one attached hydrogen (secondary N) is 1. The highest BCUT2D eigenvalue weighted by Gasteiger charge is 2.01. The Balaban J connectivity index is 1.90. The Morgan fingerprint density at radius 2 is 2.00 bits per heavy atom. The van der Waals surface area contributed by atoms with E-state index in [0.29, 0.717) is 0 Å². The van der Waals surface area contributed by atoms with Crippen molar-refractivity contribution in [3.63, 3.8) is 0 Å². The quantitative estimate of drug-likeness (QED) is 0.903. The molecule has 0 saturated heterocycles. The van der Waals surface area contributed by atoms with E-state index >= 15 is 0 Å². The maximum atomic E-state index is 5.24. The summed E-state index contributed by atoms with van der Waals surface area (Å²) in [6.07, 6.45) is 1.69. The molecule has 0 amide bonds. The van der Waals surface area contributed by atoms with E-state index in [1.807, 2.05) is 24.3 Å². The lowest BCUT2D eigenvalue weighted by Gasteiger charge is -2.06. The summed E-state index contributed by atoms with van der Waals surface area (Å²) in [7, 11) is 0. The van der Waals surface area contributed by atoms with Crippen molar-refractivity contribution in [2.45, 2.75) is 13.1 Å². The van der Waals surface area contributed by atoms with Crippen LogP contribution in [0.4, 0.5) is 0 Å². The van der Waals surface area contributed by atoms with Gasteiger partial charge in [0.2, 0.25) is 0 Å². The molecule has 0 bridgehead atoms. The molecule has 1 heterocycles. The van der Waals surface area contributed by atoms with Crippen molar-refractivity contribution in [1.82, 2.24) is 5.32 Å². The van der Waals surface area contributed by atoms with Gasteiger partial charge in [0.25, 0.3) is 0 Å². The lowest BCUT2D eigenvalue weighted by Crippen LogP contribution is -2.12. The molecule has 0 aliphatic carbocycles. The van der Waals surface area contributed by atoms with Gasteiger partial charge in [0.05, 0.1) is 12.8 Å². The zero-order chi connectivity index (χ0) is 11.4. The van der Waals surface area contributed by atoms with Crippen LogP contribution in [0.3, 0.4) is 0 Å². The third-order valence-electron chi connectivity index (χ3n) is 2.21. The van der Waals surface area contributed by atoms with Crippen LogP contribution in [0.15, 0.2) is 50.0 Å². The van der Waals surface area contributed by atoms with Crippen LogP contribution in [0.1, 0.15) is 11.3 Å². The molecule has 1 aromatic carbocycles. The summed E-state index contributed by atoms with van der Waals surface area (Å²) in [5.41, 5.74) is 1.23. The Labute approximate surface area is 111 Å². The predicted octanol–water partition coefficient (Wildman–Crippen LogP) is 4.09. The van der Waals surface area contributed by atoms with E-state index in [4.69, 9.17) is 4.42 Å². The third-order valence-corrected chi connectivity index (χ3v) is 3.44. The highest BCUT2D eigenvalue weighted by atomic mass is 79.9. The second kappa shape index (κ2) is 5.66. The van der Waals surface area contributed by atoms with E-state index in [1.165, 1.54) is 5.56 Å². The standard InChI is InChI=1S/C12H11Br2NO/c13-10-4-3-9(12(14)6-10)7-15-8-11-2-1-5-16-11/h1-6,15H,7-8H2. The fourth-order valence-electron chi connectivity index (χ4n) is 1.40. The first-order valence-corrected chi connectivity index (χ1v) is 6.51. The summed E-state index contributed by atoms with van der Waals surface area (Å²) >= 11 is 6.96. The van der Waals surface area contributed by atoms with Gasteiger partial charge in [-0.3, -0.25) is 0 Å². The van der Waals surface area contributed by atoms with Gasteiger partial charge in [-0.1, -0.05) is 37.9 Å². The number of halogens is 2. The minimum atomic E-state index is 0.746. The molecule has 0 unspecified atom stereocenters. The van der Waals surface area contributed by atoms with Gasteiger partial charge < -0.3 is 9.73 Å². The molecule has 0 radical (unpaired) electrons. The summed E-state index contributed by atoms with van der Waals surface area (Å²) in [6, 6.07) is 10.0. The van der Waals surface area contributed by atoms with E-state index < -0.39 is 0 Å². The molecule has 0 fully saturated rings. The summed E-state index contributed by atoms with van der Waals surface area (Å²) < 4.78 is 7.42. The van der Waals surface area contributed by atoms with Crippen molar-refractivity contribution in [2.75, 3.05) is 0 Å². The maximum Gasteiger partial charge on any atom is 0.117 e. The van der Waals surface area contributed by atoms with Gasteiger partial charge in [-0.05, 0) is 29.8 Å². The fraction of sp³-hybridized carbons (Fsp3) is 0.167. The number of benzene rings is 1. The number of hydrogen-bond acceptors (Lipinski definition) is 2. The first kappa shape index (κ1) is 11.9. The SMILES string of the molecule is Brc1ccc(CNCc2ccco2)c(Br)c1. The Morgan fingerprint density at radius 1 is 1.12 bits per heavy atom. The molecule has 2 aromatic rings. The molecule has 84 valence electrons. The third kappa shape index (κ3) is 3.20. The minimum absolute atomic E-state index is 0.746.